The Morgan fingerprint density at radius 3 is 2.76 bits per heavy atom. The third-order valence-electron chi connectivity index (χ3n) is 5.27. The zero-order valence-corrected chi connectivity index (χ0v) is 15.6. The number of aryl methyl sites for hydroxylation is 1. The van der Waals surface area contributed by atoms with Gasteiger partial charge >= 0.3 is 0 Å². The highest BCUT2D eigenvalue weighted by molar-refractivity contribution is 5.92. The monoisotopic (exact) mass is 343 g/mol. The van der Waals surface area contributed by atoms with Crippen molar-refractivity contribution in [1.82, 2.24) is 24.1 Å². The minimum absolute atomic E-state index is 0.106. The lowest BCUT2D eigenvalue weighted by Gasteiger charge is -2.26. The standard InChI is InChI=1S/C19H29N5O/c1-4-22(5-2)12-9-16-13-23(15-17-8-10-20-24(17)14-16)19(25)18-7-6-11-21(18)3/h6-8,10-11,16H,4-5,9,12-15H2,1-3H3. The molecule has 0 bridgehead atoms. The molecule has 0 saturated heterocycles. The molecular formula is C19H29N5O. The van der Waals surface area contributed by atoms with E-state index in [1.807, 2.05) is 47.1 Å². The highest BCUT2D eigenvalue weighted by Crippen LogP contribution is 2.20. The van der Waals surface area contributed by atoms with Crippen LogP contribution in [0.4, 0.5) is 0 Å². The summed E-state index contributed by atoms with van der Waals surface area (Å²) in [6.07, 6.45) is 4.85. The molecule has 6 nitrogen and oxygen atoms in total. The summed E-state index contributed by atoms with van der Waals surface area (Å²) in [7, 11) is 1.92. The number of carbonyl (C=O) groups excluding carboxylic acids is 1. The molecule has 0 saturated carbocycles. The van der Waals surface area contributed by atoms with Crippen molar-refractivity contribution >= 4 is 5.91 Å². The van der Waals surface area contributed by atoms with Gasteiger partial charge in [0.2, 0.25) is 0 Å². The molecule has 0 aliphatic carbocycles. The van der Waals surface area contributed by atoms with Gasteiger partial charge in [-0.1, -0.05) is 13.8 Å². The quantitative estimate of drug-likeness (QED) is 0.808. The highest BCUT2D eigenvalue weighted by atomic mass is 16.2. The molecule has 2 aromatic rings. The number of rotatable bonds is 6. The van der Waals surface area contributed by atoms with Gasteiger partial charge in [-0.15, -0.1) is 0 Å². The minimum Gasteiger partial charge on any atom is -0.347 e. The van der Waals surface area contributed by atoms with Crippen LogP contribution in [0.5, 0.6) is 0 Å². The largest absolute Gasteiger partial charge is 0.347 e. The van der Waals surface area contributed by atoms with Gasteiger partial charge in [-0.25, -0.2) is 0 Å². The molecule has 1 unspecified atom stereocenters. The van der Waals surface area contributed by atoms with Gasteiger partial charge in [0.05, 0.1) is 12.2 Å². The van der Waals surface area contributed by atoms with E-state index in [9.17, 15) is 4.79 Å². The van der Waals surface area contributed by atoms with E-state index in [0.717, 1.165) is 50.5 Å². The second-order valence-corrected chi connectivity index (χ2v) is 6.88. The molecule has 0 radical (unpaired) electrons. The molecule has 0 aromatic carbocycles. The molecule has 25 heavy (non-hydrogen) atoms. The van der Waals surface area contributed by atoms with Gasteiger partial charge in [0, 0.05) is 32.5 Å². The van der Waals surface area contributed by atoms with Crippen LogP contribution in [-0.4, -0.2) is 56.2 Å². The Morgan fingerprint density at radius 2 is 2.08 bits per heavy atom. The van der Waals surface area contributed by atoms with Crippen LogP contribution in [0, 0.1) is 5.92 Å². The van der Waals surface area contributed by atoms with Gasteiger partial charge in [-0.05, 0) is 50.2 Å². The summed E-state index contributed by atoms with van der Waals surface area (Å²) in [5.74, 6) is 0.529. The Hall–Kier alpha value is -2.08. The zero-order valence-electron chi connectivity index (χ0n) is 15.6. The second-order valence-electron chi connectivity index (χ2n) is 6.88. The van der Waals surface area contributed by atoms with Crippen molar-refractivity contribution < 1.29 is 4.79 Å². The van der Waals surface area contributed by atoms with Crippen LogP contribution in [0.25, 0.3) is 0 Å². The summed E-state index contributed by atoms with van der Waals surface area (Å²) >= 11 is 0. The minimum atomic E-state index is 0.106. The predicted molar refractivity (Wildman–Crippen MR) is 98.3 cm³/mol. The normalized spacial score (nSPS) is 17.6. The lowest BCUT2D eigenvalue weighted by molar-refractivity contribution is 0.0705. The third-order valence-corrected chi connectivity index (χ3v) is 5.27. The maximum atomic E-state index is 13.0. The molecular weight excluding hydrogens is 314 g/mol. The molecule has 6 heteroatoms. The summed E-state index contributed by atoms with van der Waals surface area (Å²) in [6.45, 7) is 9.92. The average molecular weight is 343 g/mol. The van der Waals surface area contributed by atoms with Gasteiger partial charge in [0.1, 0.15) is 5.69 Å². The summed E-state index contributed by atoms with van der Waals surface area (Å²) in [6, 6.07) is 5.85. The van der Waals surface area contributed by atoms with Gasteiger partial charge in [-0.3, -0.25) is 9.48 Å². The van der Waals surface area contributed by atoms with Gasteiger partial charge in [-0.2, -0.15) is 5.10 Å². The maximum Gasteiger partial charge on any atom is 0.270 e. The van der Waals surface area contributed by atoms with Crippen LogP contribution in [0.3, 0.4) is 0 Å². The number of nitrogens with zero attached hydrogens (tertiary/aromatic N) is 5. The number of amides is 1. The Bertz CT molecular complexity index is 700. The molecule has 136 valence electrons. The molecule has 1 amide bonds. The lowest BCUT2D eigenvalue weighted by atomic mass is 10.0. The number of aromatic nitrogens is 3. The van der Waals surface area contributed by atoms with E-state index in [2.05, 4.69) is 28.5 Å². The molecule has 1 atom stereocenters. The van der Waals surface area contributed by atoms with Crippen molar-refractivity contribution in [2.75, 3.05) is 26.2 Å². The van der Waals surface area contributed by atoms with Crippen molar-refractivity contribution in [2.45, 2.75) is 33.4 Å². The first-order valence-corrected chi connectivity index (χ1v) is 9.26. The number of hydrogen-bond donors (Lipinski definition) is 0. The van der Waals surface area contributed by atoms with E-state index >= 15 is 0 Å². The van der Waals surface area contributed by atoms with Crippen LogP contribution >= 0.6 is 0 Å². The second kappa shape index (κ2) is 7.87. The van der Waals surface area contributed by atoms with E-state index in [4.69, 9.17) is 0 Å². The van der Waals surface area contributed by atoms with Crippen molar-refractivity contribution in [2.24, 2.45) is 13.0 Å². The van der Waals surface area contributed by atoms with Gasteiger partial charge < -0.3 is 14.4 Å². The van der Waals surface area contributed by atoms with Crippen LogP contribution in [0.1, 0.15) is 36.5 Å². The van der Waals surface area contributed by atoms with Crippen LogP contribution in [-0.2, 0) is 20.1 Å². The van der Waals surface area contributed by atoms with Crippen LogP contribution < -0.4 is 0 Å². The molecule has 0 spiro atoms. The summed E-state index contributed by atoms with van der Waals surface area (Å²) in [4.78, 5) is 17.5. The summed E-state index contributed by atoms with van der Waals surface area (Å²) in [5.41, 5.74) is 1.86. The Balaban J connectivity index is 1.77. The maximum absolute atomic E-state index is 13.0. The van der Waals surface area contributed by atoms with Crippen molar-refractivity contribution in [3.8, 4) is 0 Å². The molecule has 2 aromatic heterocycles. The Labute approximate surface area is 150 Å². The molecule has 1 aliphatic rings. The SMILES string of the molecule is CCN(CC)CCC1CN(C(=O)c2cccn2C)Cc2ccnn2C1. The predicted octanol–water partition coefficient (Wildman–Crippen LogP) is 2.23. The Morgan fingerprint density at radius 1 is 1.28 bits per heavy atom. The van der Waals surface area contributed by atoms with Crippen molar-refractivity contribution in [1.29, 1.82) is 0 Å². The molecule has 0 N–H and O–H groups in total. The molecule has 3 heterocycles. The van der Waals surface area contributed by atoms with Gasteiger partial charge in [0.25, 0.3) is 5.91 Å². The highest BCUT2D eigenvalue weighted by Gasteiger charge is 2.27. The van der Waals surface area contributed by atoms with Crippen molar-refractivity contribution in [3.05, 3.63) is 42.0 Å². The Kier molecular flexibility index (Phi) is 5.58. The zero-order chi connectivity index (χ0) is 17.8. The number of carbonyl (C=O) groups is 1. The molecule has 0 fully saturated rings. The van der Waals surface area contributed by atoms with E-state index < -0.39 is 0 Å². The van der Waals surface area contributed by atoms with Crippen molar-refractivity contribution in [3.63, 3.8) is 0 Å². The smallest absolute Gasteiger partial charge is 0.270 e. The number of fused-ring (bicyclic) bond motifs is 1. The van der Waals surface area contributed by atoms with E-state index in [1.165, 1.54) is 0 Å². The van der Waals surface area contributed by atoms with E-state index in [0.29, 0.717) is 12.5 Å². The van der Waals surface area contributed by atoms with Gasteiger partial charge in [0.15, 0.2) is 0 Å². The van der Waals surface area contributed by atoms with Crippen LogP contribution in [0.15, 0.2) is 30.6 Å². The van der Waals surface area contributed by atoms with E-state index in [1.54, 1.807) is 0 Å². The summed E-state index contributed by atoms with van der Waals surface area (Å²) in [5, 5.41) is 4.47. The van der Waals surface area contributed by atoms with Crippen LogP contribution in [0.2, 0.25) is 0 Å². The molecule has 3 rings (SSSR count). The first-order chi connectivity index (χ1) is 12.1. The fourth-order valence-corrected chi connectivity index (χ4v) is 3.62. The fourth-order valence-electron chi connectivity index (χ4n) is 3.62. The first kappa shape index (κ1) is 17.7. The lowest BCUT2D eigenvalue weighted by Crippen LogP contribution is -2.36. The topological polar surface area (TPSA) is 46.3 Å². The number of hydrogen-bond acceptors (Lipinski definition) is 3. The molecule has 1 aliphatic heterocycles. The summed E-state index contributed by atoms with van der Waals surface area (Å²) < 4.78 is 3.97. The third kappa shape index (κ3) is 3.95. The van der Waals surface area contributed by atoms with E-state index in [-0.39, 0.29) is 5.91 Å². The fraction of sp³-hybridized carbons (Fsp3) is 0.579. The first-order valence-electron chi connectivity index (χ1n) is 9.26. The average Bonchev–Trinajstić information content (AvgIpc) is 3.19.